The van der Waals surface area contributed by atoms with E-state index in [2.05, 4.69) is 15.3 Å². The van der Waals surface area contributed by atoms with Crippen LogP contribution in [0.5, 0.6) is 0 Å². The van der Waals surface area contributed by atoms with Crippen molar-refractivity contribution in [1.82, 2.24) is 19.9 Å². The third kappa shape index (κ3) is 4.01. The minimum Gasteiger partial charge on any atom is -0.469 e. The molecule has 0 aliphatic carbocycles. The molecule has 3 aromatic rings. The fourth-order valence-corrected chi connectivity index (χ4v) is 3.82. The van der Waals surface area contributed by atoms with Crippen molar-refractivity contribution in [1.29, 1.82) is 0 Å². The molecule has 1 N–H and O–H groups in total. The van der Waals surface area contributed by atoms with Gasteiger partial charge in [0, 0.05) is 44.7 Å². The Hall–Kier alpha value is -3.16. The molecule has 29 heavy (non-hydrogen) atoms. The summed E-state index contributed by atoms with van der Waals surface area (Å²) in [4.78, 5) is 36.2. The topological polar surface area (TPSA) is 93.3 Å². The number of furan rings is 1. The average molecular weight is 395 g/mol. The smallest absolute Gasteiger partial charge is 0.295 e. The number of carbonyl (C=O) groups is 1. The first-order chi connectivity index (χ1) is 14.2. The van der Waals surface area contributed by atoms with Gasteiger partial charge in [0.05, 0.1) is 6.26 Å². The van der Waals surface area contributed by atoms with Crippen LogP contribution in [0.25, 0.3) is 11.2 Å². The molecule has 1 saturated heterocycles. The van der Waals surface area contributed by atoms with E-state index in [1.165, 1.54) is 0 Å². The number of aryl methyl sites for hydroxylation is 1. The second-order valence-corrected chi connectivity index (χ2v) is 7.21. The Morgan fingerprint density at radius 1 is 1.28 bits per heavy atom. The number of aromatic nitrogens is 3. The highest BCUT2D eigenvalue weighted by molar-refractivity contribution is 5.79. The summed E-state index contributed by atoms with van der Waals surface area (Å²) in [5.74, 6) is 1.34. The number of carbonyl (C=O) groups excluding carboxylic acids is 1. The molecule has 8 heteroatoms. The Labute approximate surface area is 168 Å². The fourth-order valence-electron chi connectivity index (χ4n) is 3.82. The van der Waals surface area contributed by atoms with E-state index in [-0.39, 0.29) is 17.4 Å². The van der Waals surface area contributed by atoms with Gasteiger partial charge in [-0.1, -0.05) is 0 Å². The summed E-state index contributed by atoms with van der Waals surface area (Å²) in [6.07, 6.45) is 5.39. The zero-order valence-corrected chi connectivity index (χ0v) is 16.5. The van der Waals surface area contributed by atoms with E-state index in [1.807, 2.05) is 36.1 Å². The van der Waals surface area contributed by atoms with Crippen molar-refractivity contribution in [2.24, 2.45) is 5.92 Å². The second kappa shape index (κ2) is 8.46. The molecular formula is C21H25N5O3. The van der Waals surface area contributed by atoms with Crippen molar-refractivity contribution in [3.63, 3.8) is 0 Å². The van der Waals surface area contributed by atoms with Crippen LogP contribution in [-0.2, 0) is 17.8 Å². The lowest BCUT2D eigenvalue weighted by molar-refractivity contribution is -0.125. The number of hydrogen-bond acceptors (Lipinski definition) is 6. The van der Waals surface area contributed by atoms with Gasteiger partial charge in [0.2, 0.25) is 5.91 Å². The first-order valence-electron chi connectivity index (χ1n) is 10.1. The average Bonchev–Trinajstić information content (AvgIpc) is 3.27. The molecule has 3 aromatic heterocycles. The summed E-state index contributed by atoms with van der Waals surface area (Å²) >= 11 is 0. The van der Waals surface area contributed by atoms with Gasteiger partial charge in [-0.3, -0.25) is 14.2 Å². The third-order valence-corrected chi connectivity index (χ3v) is 5.42. The molecule has 0 unspecified atom stereocenters. The Morgan fingerprint density at radius 2 is 2.10 bits per heavy atom. The lowest BCUT2D eigenvalue weighted by Crippen LogP contribution is -2.43. The Balaban J connectivity index is 1.40. The van der Waals surface area contributed by atoms with E-state index < -0.39 is 0 Å². The molecule has 1 aliphatic rings. The van der Waals surface area contributed by atoms with Crippen molar-refractivity contribution in [3.05, 3.63) is 52.8 Å². The summed E-state index contributed by atoms with van der Waals surface area (Å²) in [5, 5.41) is 2.99. The normalized spacial score (nSPS) is 15.0. The molecule has 1 aliphatic heterocycles. The molecule has 0 aromatic carbocycles. The lowest BCUT2D eigenvalue weighted by Gasteiger charge is -2.32. The van der Waals surface area contributed by atoms with Crippen LogP contribution in [0, 0.1) is 5.92 Å². The van der Waals surface area contributed by atoms with Gasteiger partial charge < -0.3 is 14.6 Å². The predicted octanol–water partition coefficient (Wildman–Crippen LogP) is 1.98. The minimum atomic E-state index is -0.125. The number of piperidine rings is 1. The van der Waals surface area contributed by atoms with Crippen LogP contribution in [0.15, 0.2) is 45.9 Å². The van der Waals surface area contributed by atoms with Crippen LogP contribution in [-0.4, -0.2) is 40.1 Å². The maximum atomic E-state index is 12.9. The zero-order valence-electron chi connectivity index (χ0n) is 16.5. The third-order valence-electron chi connectivity index (χ3n) is 5.42. The van der Waals surface area contributed by atoms with E-state index in [0.717, 1.165) is 5.76 Å². The Kier molecular flexibility index (Phi) is 5.59. The number of pyridine rings is 1. The summed E-state index contributed by atoms with van der Waals surface area (Å²) in [6.45, 7) is 4.30. The lowest BCUT2D eigenvalue weighted by atomic mass is 9.96. The van der Waals surface area contributed by atoms with E-state index in [9.17, 15) is 9.59 Å². The van der Waals surface area contributed by atoms with Crippen molar-refractivity contribution in [2.75, 3.05) is 24.5 Å². The van der Waals surface area contributed by atoms with Gasteiger partial charge in [-0.25, -0.2) is 9.97 Å². The first kappa shape index (κ1) is 19.2. The molecule has 152 valence electrons. The first-order valence-corrected chi connectivity index (χ1v) is 10.1. The summed E-state index contributed by atoms with van der Waals surface area (Å²) in [6, 6.07) is 7.44. The van der Waals surface area contributed by atoms with E-state index in [0.29, 0.717) is 62.4 Å². The molecule has 1 amide bonds. The van der Waals surface area contributed by atoms with Gasteiger partial charge in [0.15, 0.2) is 11.5 Å². The number of amides is 1. The van der Waals surface area contributed by atoms with Crippen LogP contribution in [0.3, 0.4) is 0 Å². The largest absolute Gasteiger partial charge is 0.469 e. The van der Waals surface area contributed by atoms with Crippen LogP contribution in [0.4, 0.5) is 5.82 Å². The van der Waals surface area contributed by atoms with E-state index in [1.54, 1.807) is 17.0 Å². The molecule has 4 rings (SSSR count). The van der Waals surface area contributed by atoms with Crippen molar-refractivity contribution in [3.8, 4) is 0 Å². The summed E-state index contributed by atoms with van der Waals surface area (Å²) in [7, 11) is 0. The molecule has 0 saturated carbocycles. The number of rotatable bonds is 6. The highest BCUT2D eigenvalue weighted by Gasteiger charge is 2.27. The summed E-state index contributed by atoms with van der Waals surface area (Å²) < 4.78 is 6.94. The number of hydrogen-bond donors (Lipinski definition) is 1. The minimum absolute atomic E-state index is 0.0432. The fraction of sp³-hybridized carbons (Fsp3) is 0.429. The number of fused-ring (bicyclic) bond motifs is 1. The summed E-state index contributed by atoms with van der Waals surface area (Å²) in [5.41, 5.74) is 1.19. The van der Waals surface area contributed by atoms with Crippen LogP contribution in [0.1, 0.15) is 25.5 Å². The second-order valence-electron chi connectivity index (χ2n) is 7.21. The molecule has 0 radical (unpaired) electrons. The highest BCUT2D eigenvalue weighted by atomic mass is 16.3. The standard InChI is InChI=1S/C21H25N5O3/c1-2-26-18-17(6-3-10-22-18)24-19(21(26)28)25-12-8-15(9-13-25)20(27)23-11-7-16-5-4-14-29-16/h3-6,10,14-15H,2,7-9,11-13H2,1H3,(H,23,27). The van der Waals surface area contributed by atoms with Crippen LogP contribution >= 0.6 is 0 Å². The number of nitrogens with zero attached hydrogens (tertiary/aromatic N) is 4. The molecule has 0 spiro atoms. The maximum absolute atomic E-state index is 12.9. The predicted molar refractivity (Wildman–Crippen MR) is 110 cm³/mol. The monoisotopic (exact) mass is 395 g/mol. The van der Waals surface area contributed by atoms with Gasteiger partial charge in [-0.2, -0.15) is 0 Å². The van der Waals surface area contributed by atoms with Gasteiger partial charge in [0.25, 0.3) is 5.56 Å². The van der Waals surface area contributed by atoms with E-state index in [4.69, 9.17) is 4.42 Å². The highest BCUT2D eigenvalue weighted by Crippen LogP contribution is 2.21. The Bertz CT molecular complexity index is 1040. The molecular weight excluding hydrogens is 370 g/mol. The molecule has 1 fully saturated rings. The quantitative estimate of drug-likeness (QED) is 0.686. The Morgan fingerprint density at radius 3 is 2.83 bits per heavy atom. The number of anilines is 1. The van der Waals surface area contributed by atoms with Crippen molar-refractivity contribution in [2.45, 2.75) is 32.7 Å². The van der Waals surface area contributed by atoms with Crippen molar-refractivity contribution < 1.29 is 9.21 Å². The molecule has 0 bridgehead atoms. The number of nitrogens with one attached hydrogen (secondary N) is 1. The molecule has 8 nitrogen and oxygen atoms in total. The zero-order chi connectivity index (χ0) is 20.2. The van der Waals surface area contributed by atoms with E-state index >= 15 is 0 Å². The maximum Gasteiger partial charge on any atom is 0.295 e. The van der Waals surface area contributed by atoms with Gasteiger partial charge in [-0.15, -0.1) is 0 Å². The van der Waals surface area contributed by atoms with Gasteiger partial charge in [0.1, 0.15) is 11.3 Å². The van der Waals surface area contributed by atoms with Gasteiger partial charge in [-0.05, 0) is 44.0 Å². The SMILES string of the molecule is CCn1c(=O)c(N2CCC(C(=O)NCCc3ccco3)CC2)nc2cccnc21. The van der Waals surface area contributed by atoms with Crippen LogP contribution < -0.4 is 15.8 Å². The molecule has 0 atom stereocenters. The van der Waals surface area contributed by atoms with Crippen LogP contribution in [0.2, 0.25) is 0 Å². The molecule has 4 heterocycles. The van der Waals surface area contributed by atoms with Gasteiger partial charge >= 0.3 is 0 Å². The van der Waals surface area contributed by atoms with Crippen molar-refractivity contribution >= 4 is 22.9 Å².